The Morgan fingerprint density at radius 3 is 2.41 bits per heavy atom. The molecule has 0 spiro atoms. The Labute approximate surface area is 181 Å². The van der Waals surface area contributed by atoms with Gasteiger partial charge in [0.25, 0.3) is 5.91 Å². The third-order valence-corrected chi connectivity index (χ3v) is 5.34. The van der Waals surface area contributed by atoms with Crippen LogP contribution in [0.2, 0.25) is 10.0 Å². The van der Waals surface area contributed by atoms with Crippen molar-refractivity contribution in [1.29, 1.82) is 0 Å². The standard InChI is InChI=1S/C20H27Cl2N3O4/c1-13(2)12-29-20(28)25-9-5-8-24(10-11-25)19(27)14(3)23-18(26)15-6-4-7-16(21)17(15)22/h4,6-7,13-14H,5,8-12H2,1-3H3,(H,23,26). The first-order valence-electron chi connectivity index (χ1n) is 9.66. The van der Waals surface area contributed by atoms with Crippen LogP contribution in [0.15, 0.2) is 18.2 Å². The van der Waals surface area contributed by atoms with Crippen LogP contribution in [-0.4, -0.2) is 66.5 Å². The van der Waals surface area contributed by atoms with Crippen molar-refractivity contribution in [3.8, 4) is 0 Å². The topological polar surface area (TPSA) is 79.0 Å². The third kappa shape index (κ3) is 6.51. The van der Waals surface area contributed by atoms with E-state index in [0.29, 0.717) is 39.2 Å². The third-order valence-electron chi connectivity index (χ3n) is 4.52. The van der Waals surface area contributed by atoms with Crippen LogP contribution in [0.4, 0.5) is 4.79 Å². The van der Waals surface area contributed by atoms with E-state index in [0.717, 1.165) is 0 Å². The SMILES string of the molecule is CC(C)COC(=O)N1CCCN(C(=O)C(C)NC(=O)c2cccc(Cl)c2Cl)CC1. The van der Waals surface area contributed by atoms with Gasteiger partial charge in [0, 0.05) is 26.2 Å². The van der Waals surface area contributed by atoms with Crippen molar-refractivity contribution in [1.82, 2.24) is 15.1 Å². The van der Waals surface area contributed by atoms with Crippen molar-refractivity contribution in [2.24, 2.45) is 5.92 Å². The van der Waals surface area contributed by atoms with Gasteiger partial charge in [0.2, 0.25) is 5.91 Å². The fourth-order valence-corrected chi connectivity index (χ4v) is 3.33. The van der Waals surface area contributed by atoms with Crippen LogP contribution in [0.1, 0.15) is 37.6 Å². The van der Waals surface area contributed by atoms with Crippen LogP contribution in [0.5, 0.6) is 0 Å². The number of hydrogen-bond donors (Lipinski definition) is 1. The minimum atomic E-state index is -0.739. The Bertz CT molecular complexity index is 757. The Balaban J connectivity index is 1.91. The van der Waals surface area contributed by atoms with Gasteiger partial charge in [0.05, 0.1) is 22.2 Å². The molecule has 1 N–H and O–H groups in total. The zero-order valence-corrected chi connectivity index (χ0v) is 18.4. The van der Waals surface area contributed by atoms with Gasteiger partial charge in [-0.15, -0.1) is 0 Å². The lowest BCUT2D eigenvalue weighted by molar-refractivity contribution is -0.132. The molecule has 29 heavy (non-hydrogen) atoms. The van der Waals surface area contributed by atoms with E-state index in [-0.39, 0.29) is 33.5 Å². The largest absolute Gasteiger partial charge is 0.449 e. The Hall–Kier alpha value is -1.99. The number of carbonyl (C=O) groups excluding carboxylic acids is 3. The number of benzene rings is 1. The number of nitrogens with zero attached hydrogens (tertiary/aromatic N) is 2. The van der Waals surface area contributed by atoms with Crippen LogP contribution in [0, 0.1) is 5.92 Å². The molecule has 0 aliphatic carbocycles. The van der Waals surface area contributed by atoms with E-state index in [2.05, 4.69) is 5.32 Å². The number of rotatable bonds is 5. The summed E-state index contributed by atoms with van der Waals surface area (Å²) in [6.45, 7) is 7.75. The second-order valence-corrected chi connectivity index (χ2v) is 8.22. The van der Waals surface area contributed by atoms with Gasteiger partial charge in [-0.05, 0) is 31.4 Å². The highest BCUT2D eigenvalue weighted by Gasteiger charge is 2.27. The van der Waals surface area contributed by atoms with Crippen molar-refractivity contribution in [2.75, 3.05) is 32.8 Å². The van der Waals surface area contributed by atoms with E-state index in [1.807, 2.05) is 13.8 Å². The Kier molecular flexibility index (Phi) is 8.59. The lowest BCUT2D eigenvalue weighted by Gasteiger charge is -2.25. The normalized spacial score (nSPS) is 15.7. The first-order chi connectivity index (χ1) is 13.7. The highest BCUT2D eigenvalue weighted by atomic mass is 35.5. The van der Waals surface area contributed by atoms with Crippen LogP contribution < -0.4 is 5.32 Å². The summed E-state index contributed by atoms with van der Waals surface area (Å²) >= 11 is 12.0. The van der Waals surface area contributed by atoms with E-state index in [4.69, 9.17) is 27.9 Å². The monoisotopic (exact) mass is 443 g/mol. The maximum Gasteiger partial charge on any atom is 0.409 e. The molecule has 1 unspecified atom stereocenters. The first kappa shape index (κ1) is 23.3. The van der Waals surface area contributed by atoms with Crippen molar-refractivity contribution in [3.63, 3.8) is 0 Å². The summed E-state index contributed by atoms with van der Waals surface area (Å²) in [4.78, 5) is 40.7. The second-order valence-electron chi connectivity index (χ2n) is 7.43. The van der Waals surface area contributed by atoms with Crippen molar-refractivity contribution in [2.45, 2.75) is 33.2 Å². The summed E-state index contributed by atoms with van der Waals surface area (Å²) < 4.78 is 5.27. The van der Waals surface area contributed by atoms with E-state index in [9.17, 15) is 14.4 Å². The molecule has 3 amide bonds. The van der Waals surface area contributed by atoms with Gasteiger partial charge >= 0.3 is 6.09 Å². The minimum absolute atomic E-state index is 0.150. The molecule has 1 aromatic carbocycles. The number of hydrogen-bond acceptors (Lipinski definition) is 4. The lowest BCUT2D eigenvalue weighted by atomic mass is 10.2. The molecule has 1 aliphatic rings. The van der Waals surface area contributed by atoms with Gasteiger partial charge in [0.15, 0.2) is 0 Å². The highest BCUT2D eigenvalue weighted by Crippen LogP contribution is 2.25. The lowest BCUT2D eigenvalue weighted by Crippen LogP contribution is -2.48. The highest BCUT2D eigenvalue weighted by molar-refractivity contribution is 6.43. The van der Waals surface area contributed by atoms with Crippen molar-refractivity contribution in [3.05, 3.63) is 33.8 Å². The summed E-state index contributed by atoms with van der Waals surface area (Å²) in [5.74, 6) is -0.414. The zero-order valence-electron chi connectivity index (χ0n) is 16.9. The summed E-state index contributed by atoms with van der Waals surface area (Å²) in [5.41, 5.74) is 0.216. The number of halogens is 2. The second kappa shape index (κ2) is 10.7. The quantitative estimate of drug-likeness (QED) is 0.755. The van der Waals surface area contributed by atoms with E-state index < -0.39 is 11.9 Å². The molecule has 1 saturated heterocycles. The summed E-state index contributed by atoms with van der Waals surface area (Å²) in [5, 5.41) is 3.09. The number of carbonyl (C=O) groups is 3. The predicted octanol–water partition coefficient (Wildman–Crippen LogP) is 3.44. The van der Waals surface area contributed by atoms with Crippen LogP contribution in [0.25, 0.3) is 0 Å². The minimum Gasteiger partial charge on any atom is -0.449 e. The molecule has 1 atom stereocenters. The molecule has 2 rings (SSSR count). The molecule has 0 saturated carbocycles. The van der Waals surface area contributed by atoms with Crippen LogP contribution in [-0.2, 0) is 9.53 Å². The molecule has 0 bridgehead atoms. The van der Waals surface area contributed by atoms with Gasteiger partial charge in [-0.1, -0.05) is 43.1 Å². The molecule has 9 heteroatoms. The predicted molar refractivity (Wildman–Crippen MR) is 112 cm³/mol. The molecule has 0 aromatic heterocycles. The fraction of sp³-hybridized carbons (Fsp3) is 0.550. The van der Waals surface area contributed by atoms with Crippen LogP contribution in [0.3, 0.4) is 0 Å². The van der Waals surface area contributed by atoms with Gasteiger partial charge < -0.3 is 19.9 Å². The van der Waals surface area contributed by atoms with Gasteiger partial charge in [0.1, 0.15) is 6.04 Å². The molecule has 1 aliphatic heterocycles. The maximum absolute atomic E-state index is 12.8. The Morgan fingerprint density at radius 2 is 1.72 bits per heavy atom. The zero-order chi connectivity index (χ0) is 21.6. The summed E-state index contributed by atoms with van der Waals surface area (Å²) in [7, 11) is 0. The fourth-order valence-electron chi connectivity index (χ4n) is 2.94. The first-order valence-corrected chi connectivity index (χ1v) is 10.4. The smallest absolute Gasteiger partial charge is 0.409 e. The van der Waals surface area contributed by atoms with Crippen molar-refractivity contribution >= 4 is 41.1 Å². The van der Waals surface area contributed by atoms with E-state index >= 15 is 0 Å². The van der Waals surface area contributed by atoms with Crippen LogP contribution >= 0.6 is 23.2 Å². The van der Waals surface area contributed by atoms with Gasteiger partial charge in [-0.25, -0.2) is 4.79 Å². The maximum atomic E-state index is 12.8. The summed E-state index contributed by atoms with van der Waals surface area (Å²) in [6, 6.07) is 4.02. The molecule has 1 heterocycles. The molecule has 1 aromatic rings. The number of amides is 3. The Morgan fingerprint density at radius 1 is 1.07 bits per heavy atom. The van der Waals surface area contributed by atoms with Gasteiger partial charge in [-0.2, -0.15) is 0 Å². The van der Waals surface area contributed by atoms with Crippen molar-refractivity contribution < 1.29 is 19.1 Å². The molecular formula is C20H27Cl2N3O4. The molecule has 160 valence electrons. The molecular weight excluding hydrogens is 417 g/mol. The average molecular weight is 444 g/mol. The van der Waals surface area contributed by atoms with E-state index in [1.54, 1.807) is 34.9 Å². The van der Waals surface area contributed by atoms with Gasteiger partial charge in [-0.3, -0.25) is 9.59 Å². The molecule has 0 radical (unpaired) electrons. The average Bonchev–Trinajstić information content (AvgIpc) is 2.93. The number of ether oxygens (including phenoxy) is 1. The molecule has 7 nitrogen and oxygen atoms in total. The number of nitrogens with one attached hydrogen (secondary N) is 1. The summed E-state index contributed by atoms with van der Waals surface area (Å²) in [6.07, 6.45) is 0.286. The van der Waals surface area contributed by atoms with E-state index in [1.165, 1.54) is 0 Å². The molecule has 1 fully saturated rings.